The van der Waals surface area contributed by atoms with Crippen molar-refractivity contribution in [1.82, 2.24) is 4.98 Å². The fourth-order valence-corrected chi connectivity index (χ4v) is 3.46. The molecular weight excluding hydrogens is 500 g/mol. The lowest BCUT2D eigenvalue weighted by molar-refractivity contribution is -0.444. The average molecular weight is 510 g/mol. The van der Waals surface area contributed by atoms with Crippen molar-refractivity contribution < 1.29 is 36.0 Å². The predicted molar refractivity (Wildman–Crippen MR) is 108 cm³/mol. The van der Waals surface area contributed by atoms with Crippen LogP contribution >= 0.6 is 23.8 Å². The van der Waals surface area contributed by atoms with Crippen LogP contribution in [0.2, 0.25) is 5.02 Å². The van der Waals surface area contributed by atoms with E-state index >= 15 is 8.78 Å². The number of nitrogens with zero attached hydrogens (tertiary/aromatic N) is 2. The van der Waals surface area contributed by atoms with E-state index in [1.54, 1.807) is 0 Å². The molecule has 0 saturated carbocycles. The number of rotatable bonds is 5. The summed E-state index contributed by atoms with van der Waals surface area (Å²) < 4.78 is 91.5. The molecule has 1 aliphatic rings. The lowest BCUT2D eigenvalue weighted by Crippen LogP contribution is -2.42. The third-order valence-corrected chi connectivity index (χ3v) is 5.05. The third-order valence-electron chi connectivity index (χ3n) is 4.55. The van der Waals surface area contributed by atoms with E-state index in [1.165, 1.54) is 24.4 Å². The Kier molecular flexibility index (Phi) is 6.40. The first-order valence-corrected chi connectivity index (χ1v) is 9.46. The molecule has 0 amide bonds. The SMILES string of the molecule is NC(=S)C1=C(F)C(F)C(F)(c2cc(C(F)(F)F)cc(Cl)c2Oc2ccccn2)C([N+](=O)[O-])=C1. The summed E-state index contributed by atoms with van der Waals surface area (Å²) >= 11 is 10.4. The lowest BCUT2D eigenvalue weighted by Gasteiger charge is -2.31. The summed E-state index contributed by atoms with van der Waals surface area (Å²) in [6, 6.07) is 4.43. The molecule has 3 rings (SSSR count). The molecule has 2 unspecified atom stereocenters. The highest BCUT2D eigenvalue weighted by Gasteiger charge is 2.59. The van der Waals surface area contributed by atoms with Gasteiger partial charge in [0.1, 0.15) is 10.8 Å². The Morgan fingerprint density at radius 1 is 1.33 bits per heavy atom. The van der Waals surface area contributed by atoms with Crippen LogP contribution in [0.25, 0.3) is 0 Å². The number of thiocarbonyl (C=S) groups is 1. The summed E-state index contributed by atoms with van der Waals surface area (Å²) in [5, 5.41) is 10.7. The number of nitrogens with two attached hydrogens (primary N) is 1. The Labute approximate surface area is 191 Å². The molecule has 0 fully saturated rings. The minimum Gasteiger partial charge on any atom is -0.437 e. The van der Waals surface area contributed by atoms with Crippen molar-refractivity contribution in [2.24, 2.45) is 5.73 Å². The highest BCUT2D eigenvalue weighted by Crippen LogP contribution is 2.53. The first-order chi connectivity index (χ1) is 15.3. The van der Waals surface area contributed by atoms with Gasteiger partial charge in [-0.3, -0.25) is 10.1 Å². The molecule has 2 atom stereocenters. The molecule has 2 aromatic rings. The van der Waals surface area contributed by atoms with Gasteiger partial charge in [0.15, 0.2) is 5.75 Å². The molecule has 0 saturated heterocycles. The molecule has 174 valence electrons. The van der Waals surface area contributed by atoms with Crippen molar-refractivity contribution in [2.45, 2.75) is 18.0 Å². The largest absolute Gasteiger partial charge is 0.437 e. The minimum atomic E-state index is -5.13. The van der Waals surface area contributed by atoms with Gasteiger partial charge in [-0.05, 0) is 18.2 Å². The number of ether oxygens (including phenoxy) is 1. The summed E-state index contributed by atoms with van der Waals surface area (Å²) in [6.45, 7) is 0. The van der Waals surface area contributed by atoms with E-state index in [0.29, 0.717) is 6.07 Å². The third kappa shape index (κ3) is 4.37. The molecule has 33 heavy (non-hydrogen) atoms. The number of hydrogen-bond donors (Lipinski definition) is 1. The van der Waals surface area contributed by atoms with Gasteiger partial charge in [0.2, 0.25) is 12.1 Å². The number of allylic oxidation sites excluding steroid dienone is 2. The van der Waals surface area contributed by atoms with Crippen molar-refractivity contribution >= 4 is 28.8 Å². The molecule has 6 nitrogen and oxygen atoms in total. The van der Waals surface area contributed by atoms with Gasteiger partial charge >= 0.3 is 6.18 Å². The van der Waals surface area contributed by atoms with Crippen molar-refractivity contribution in [1.29, 1.82) is 0 Å². The van der Waals surface area contributed by atoms with Crippen LogP contribution in [-0.4, -0.2) is 21.1 Å². The van der Waals surface area contributed by atoms with Crippen LogP contribution in [0.3, 0.4) is 0 Å². The number of pyridine rings is 1. The molecule has 0 aliphatic heterocycles. The highest BCUT2D eigenvalue weighted by molar-refractivity contribution is 7.80. The molecule has 2 N–H and O–H groups in total. The summed E-state index contributed by atoms with van der Waals surface area (Å²) in [5.41, 5.74) is -4.52. The van der Waals surface area contributed by atoms with Crippen LogP contribution in [0, 0.1) is 10.1 Å². The van der Waals surface area contributed by atoms with Gasteiger partial charge in [0, 0.05) is 29.5 Å². The van der Waals surface area contributed by atoms with E-state index < -0.39 is 66.9 Å². The molecule has 0 bridgehead atoms. The second-order valence-electron chi connectivity index (χ2n) is 6.59. The molecule has 1 heterocycles. The van der Waals surface area contributed by atoms with Crippen molar-refractivity contribution in [3.63, 3.8) is 0 Å². The average Bonchev–Trinajstić information content (AvgIpc) is 2.72. The number of hydrogen-bond acceptors (Lipinski definition) is 5. The van der Waals surface area contributed by atoms with Crippen LogP contribution in [0.1, 0.15) is 11.1 Å². The van der Waals surface area contributed by atoms with E-state index in [2.05, 4.69) is 17.2 Å². The zero-order valence-electron chi connectivity index (χ0n) is 15.9. The van der Waals surface area contributed by atoms with Crippen LogP contribution in [0.15, 0.2) is 59.7 Å². The van der Waals surface area contributed by atoms with E-state index in [4.69, 9.17) is 22.1 Å². The quantitative estimate of drug-likeness (QED) is 0.239. The first kappa shape index (κ1) is 24.5. The Morgan fingerprint density at radius 3 is 2.52 bits per heavy atom. The number of aromatic nitrogens is 1. The van der Waals surface area contributed by atoms with Crippen LogP contribution < -0.4 is 10.5 Å². The lowest BCUT2D eigenvalue weighted by atomic mass is 9.80. The molecule has 14 heteroatoms. The van der Waals surface area contributed by atoms with Gasteiger partial charge in [0.05, 0.1) is 15.5 Å². The Morgan fingerprint density at radius 2 is 2.00 bits per heavy atom. The Hall–Kier alpha value is -3.19. The number of alkyl halides is 5. The van der Waals surface area contributed by atoms with Gasteiger partial charge in [-0.2, -0.15) is 13.2 Å². The van der Waals surface area contributed by atoms with Crippen molar-refractivity contribution in [3.05, 3.63) is 86.0 Å². The molecular formula is C19H10ClF6N3O3S. The molecule has 1 aromatic carbocycles. The van der Waals surface area contributed by atoms with E-state index in [-0.39, 0.29) is 18.0 Å². The second kappa shape index (κ2) is 8.63. The number of nitro groups is 1. The van der Waals surface area contributed by atoms with Gasteiger partial charge in [0.25, 0.3) is 11.4 Å². The van der Waals surface area contributed by atoms with E-state index in [9.17, 15) is 27.7 Å². The van der Waals surface area contributed by atoms with Crippen LogP contribution in [-0.2, 0) is 11.8 Å². The van der Waals surface area contributed by atoms with Crippen LogP contribution in [0.5, 0.6) is 11.6 Å². The minimum absolute atomic E-state index is 0.0487. The van der Waals surface area contributed by atoms with E-state index in [1.807, 2.05) is 0 Å². The summed E-state index contributed by atoms with van der Waals surface area (Å²) in [4.78, 5) is 13.1. The maximum absolute atomic E-state index is 16.2. The summed E-state index contributed by atoms with van der Waals surface area (Å²) in [5.74, 6) is -3.21. The summed E-state index contributed by atoms with van der Waals surface area (Å²) in [7, 11) is 0. The first-order valence-electron chi connectivity index (χ1n) is 8.67. The number of halogens is 7. The van der Waals surface area contributed by atoms with Crippen molar-refractivity contribution in [3.8, 4) is 11.6 Å². The number of benzene rings is 1. The zero-order chi connectivity index (χ0) is 24.7. The van der Waals surface area contributed by atoms with Crippen LogP contribution in [0.4, 0.5) is 26.3 Å². The summed E-state index contributed by atoms with van der Waals surface area (Å²) in [6.07, 6.45) is -7.22. The fraction of sp³-hybridized carbons (Fsp3) is 0.158. The zero-order valence-corrected chi connectivity index (χ0v) is 17.4. The highest BCUT2D eigenvalue weighted by atomic mass is 35.5. The predicted octanol–water partition coefficient (Wildman–Crippen LogP) is 5.73. The second-order valence-corrected chi connectivity index (χ2v) is 7.44. The maximum Gasteiger partial charge on any atom is 0.416 e. The Bertz CT molecular complexity index is 1210. The monoisotopic (exact) mass is 509 g/mol. The van der Waals surface area contributed by atoms with E-state index in [0.717, 1.165) is 0 Å². The van der Waals surface area contributed by atoms with Gasteiger partial charge in [-0.1, -0.05) is 29.9 Å². The Balaban J connectivity index is 2.37. The molecule has 0 spiro atoms. The topological polar surface area (TPSA) is 91.3 Å². The molecule has 1 aromatic heterocycles. The fourth-order valence-electron chi connectivity index (χ4n) is 3.04. The van der Waals surface area contributed by atoms with Gasteiger partial charge in [-0.15, -0.1) is 0 Å². The van der Waals surface area contributed by atoms with Gasteiger partial charge in [-0.25, -0.2) is 18.2 Å². The van der Waals surface area contributed by atoms with Crippen molar-refractivity contribution in [2.75, 3.05) is 0 Å². The maximum atomic E-state index is 16.2. The molecule has 1 aliphatic carbocycles. The van der Waals surface area contributed by atoms with Gasteiger partial charge < -0.3 is 10.5 Å². The smallest absolute Gasteiger partial charge is 0.416 e. The molecule has 0 radical (unpaired) electrons. The standard InChI is InChI=1S/C19H10ClF6N3O3S/c20-11-6-8(19(24,25)26)5-10(15(11)32-13-3-1-2-4-28-13)18(23)12(29(30)31)7-9(17(27)33)14(21)16(18)22/h1-7,16H,(H2,27,33). The normalized spacial score (nSPS) is 20.9.